The maximum absolute atomic E-state index is 13.2. The molecule has 0 saturated heterocycles. The van der Waals surface area contributed by atoms with Gasteiger partial charge >= 0.3 is 0 Å². The molecule has 1 atom stereocenters. The molecule has 0 aliphatic rings. The summed E-state index contributed by atoms with van der Waals surface area (Å²) >= 11 is 3.10. The number of nitrogens with one attached hydrogen (secondary N) is 2. The summed E-state index contributed by atoms with van der Waals surface area (Å²) in [7, 11) is 1.80. The van der Waals surface area contributed by atoms with E-state index in [0.29, 0.717) is 22.3 Å². The third kappa shape index (κ3) is 3.78. The van der Waals surface area contributed by atoms with E-state index >= 15 is 0 Å². The molecule has 0 saturated carbocycles. The topological polar surface area (TPSA) is 41.1 Å². The Labute approximate surface area is 109 Å². The van der Waals surface area contributed by atoms with Crippen LogP contribution in [-0.4, -0.2) is 19.5 Å². The van der Waals surface area contributed by atoms with E-state index in [0.717, 1.165) is 0 Å². The quantitative estimate of drug-likeness (QED) is 0.898. The first-order valence-electron chi connectivity index (χ1n) is 5.36. The molecule has 1 unspecified atom stereocenters. The molecular formula is C12H16BrFN2O. The highest BCUT2D eigenvalue weighted by molar-refractivity contribution is 9.10. The highest BCUT2D eigenvalue weighted by atomic mass is 79.9. The Hall–Kier alpha value is -0.940. The largest absolute Gasteiger partial charge is 0.326 e. The van der Waals surface area contributed by atoms with Crippen LogP contribution in [0, 0.1) is 18.7 Å². The lowest BCUT2D eigenvalue weighted by molar-refractivity contribution is -0.119. The molecule has 1 rings (SSSR count). The highest BCUT2D eigenvalue weighted by Gasteiger charge is 2.14. The SMILES string of the molecule is CNCC(C)C(=O)Nc1cc(Br)c(F)cc1C. The maximum Gasteiger partial charge on any atom is 0.228 e. The lowest BCUT2D eigenvalue weighted by Gasteiger charge is -2.13. The van der Waals surface area contributed by atoms with Gasteiger partial charge in [0.25, 0.3) is 0 Å². The standard InChI is InChI=1S/C12H16BrFN2O/c1-7-4-10(14)9(13)5-11(7)16-12(17)8(2)6-15-3/h4-5,8,15H,6H2,1-3H3,(H,16,17). The molecule has 0 heterocycles. The number of anilines is 1. The van der Waals surface area contributed by atoms with E-state index in [-0.39, 0.29) is 17.6 Å². The van der Waals surface area contributed by atoms with Crippen LogP contribution in [-0.2, 0) is 4.79 Å². The molecule has 0 fully saturated rings. The van der Waals surface area contributed by atoms with Gasteiger partial charge in [-0.1, -0.05) is 6.92 Å². The summed E-state index contributed by atoms with van der Waals surface area (Å²) in [5.74, 6) is -0.548. The number of amides is 1. The number of halogens is 2. The fraction of sp³-hybridized carbons (Fsp3) is 0.417. The molecule has 0 aliphatic heterocycles. The van der Waals surface area contributed by atoms with Crippen molar-refractivity contribution >= 4 is 27.5 Å². The molecule has 1 aromatic carbocycles. The summed E-state index contributed by atoms with van der Waals surface area (Å²) in [4.78, 5) is 11.8. The second kappa shape index (κ2) is 6.12. The Balaban J connectivity index is 2.81. The van der Waals surface area contributed by atoms with Gasteiger partial charge in [0, 0.05) is 18.2 Å². The van der Waals surface area contributed by atoms with E-state index in [1.807, 2.05) is 6.92 Å². The zero-order valence-corrected chi connectivity index (χ0v) is 11.7. The average Bonchev–Trinajstić information content (AvgIpc) is 2.26. The van der Waals surface area contributed by atoms with Crippen molar-refractivity contribution in [3.63, 3.8) is 0 Å². The normalized spacial score (nSPS) is 12.3. The molecule has 0 spiro atoms. The minimum atomic E-state index is -0.330. The number of hydrogen-bond donors (Lipinski definition) is 2. The van der Waals surface area contributed by atoms with Crippen molar-refractivity contribution in [3.8, 4) is 0 Å². The first kappa shape index (κ1) is 14.1. The van der Waals surface area contributed by atoms with Crippen molar-refractivity contribution in [3.05, 3.63) is 28.0 Å². The van der Waals surface area contributed by atoms with Crippen molar-refractivity contribution in [2.24, 2.45) is 5.92 Å². The molecule has 94 valence electrons. The zero-order chi connectivity index (χ0) is 13.0. The molecule has 0 aliphatic carbocycles. The Morgan fingerprint density at radius 2 is 2.18 bits per heavy atom. The number of carbonyl (C=O) groups is 1. The van der Waals surface area contributed by atoms with Crippen LogP contribution in [0.4, 0.5) is 10.1 Å². The molecule has 5 heteroatoms. The molecule has 1 amide bonds. The first-order chi connectivity index (χ1) is 7.95. The van der Waals surface area contributed by atoms with Crippen LogP contribution in [0.2, 0.25) is 0 Å². The summed E-state index contributed by atoms with van der Waals surface area (Å²) in [6, 6.07) is 2.97. The molecule has 0 aromatic heterocycles. The number of aryl methyl sites for hydroxylation is 1. The molecule has 0 bridgehead atoms. The van der Waals surface area contributed by atoms with E-state index < -0.39 is 0 Å². The Bertz CT molecular complexity index is 423. The van der Waals surface area contributed by atoms with Gasteiger partial charge in [0.15, 0.2) is 0 Å². The molecule has 2 N–H and O–H groups in total. The van der Waals surface area contributed by atoms with Gasteiger partial charge in [-0.15, -0.1) is 0 Å². The molecular weight excluding hydrogens is 287 g/mol. The highest BCUT2D eigenvalue weighted by Crippen LogP contribution is 2.24. The lowest BCUT2D eigenvalue weighted by atomic mass is 10.1. The van der Waals surface area contributed by atoms with Crippen molar-refractivity contribution in [1.82, 2.24) is 5.32 Å². The van der Waals surface area contributed by atoms with Crippen molar-refractivity contribution in [1.29, 1.82) is 0 Å². The predicted octanol–water partition coefficient (Wildman–Crippen LogP) is 2.69. The van der Waals surface area contributed by atoms with Crippen LogP contribution in [0.1, 0.15) is 12.5 Å². The van der Waals surface area contributed by atoms with E-state index in [1.165, 1.54) is 6.07 Å². The van der Waals surface area contributed by atoms with Crippen molar-refractivity contribution in [2.45, 2.75) is 13.8 Å². The van der Waals surface area contributed by atoms with Gasteiger partial charge in [-0.05, 0) is 47.6 Å². The summed E-state index contributed by atoms with van der Waals surface area (Å²) in [5.41, 5.74) is 1.34. The maximum atomic E-state index is 13.2. The van der Waals surface area contributed by atoms with Gasteiger partial charge in [0.2, 0.25) is 5.91 Å². The van der Waals surface area contributed by atoms with Crippen LogP contribution in [0.15, 0.2) is 16.6 Å². The fourth-order valence-corrected chi connectivity index (χ4v) is 1.78. The lowest BCUT2D eigenvalue weighted by Crippen LogP contribution is -2.28. The van der Waals surface area contributed by atoms with Gasteiger partial charge in [-0.25, -0.2) is 4.39 Å². The van der Waals surface area contributed by atoms with Crippen LogP contribution in [0.25, 0.3) is 0 Å². The summed E-state index contributed by atoms with van der Waals surface area (Å²) in [6.07, 6.45) is 0. The fourth-order valence-electron chi connectivity index (χ4n) is 1.44. The molecule has 1 aromatic rings. The Morgan fingerprint density at radius 3 is 2.76 bits per heavy atom. The number of benzene rings is 1. The van der Waals surface area contributed by atoms with Gasteiger partial charge in [0.1, 0.15) is 5.82 Å². The monoisotopic (exact) mass is 302 g/mol. The van der Waals surface area contributed by atoms with Gasteiger partial charge < -0.3 is 10.6 Å². The van der Waals surface area contributed by atoms with Crippen LogP contribution < -0.4 is 10.6 Å². The van der Waals surface area contributed by atoms with Crippen LogP contribution >= 0.6 is 15.9 Å². The third-order valence-corrected chi connectivity index (χ3v) is 3.09. The second-order valence-electron chi connectivity index (χ2n) is 4.03. The summed E-state index contributed by atoms with van der Waals surface area (Å²) < 4.78 is 13.6. The van der Waals surface area contributed by atoms with Crippen LogP contribution in [0.5, 0.6) is 0 Å². The van der Waals surface area contributed by atoms with Gasteiger partial charge in [-0.2, -0.15) is 0 Å². The van der Waals surface area contributed by atoms with Crippen molar-refractivity contribution < 1.29 is 9.18 Å². The first-order valence-corrected chi connectivity index (χ1v) is 6.16. The predicted molar refractivity (Wildman–Crippen MR) is 70.6 cm³/mol. The van der Waals surface area contributed by atoms with E-state index in [9.17, 15) is 9.18 Å². The van der Waals surface area contributed by atoms with E-state index in [1.54, 1.807) is 20.0 Å². The number of carbonyl (C=O) groups excluding carboxylic acids is 1. The average molecular weight is 303 g/mol. The number of rotatable bonds is 4. The van der Waals surface area contributed by atoms with Crippen molar-refractivity contribution in [2.75, 3.05) is 18.9 Å². The Morgan fingerprint density at radius 1 is 1.53 bits per heavy atom. The molecule has 17 heavy (non-hydrogen) atoms. The van der Waals surface area contributed by atoms with Crippen LogP contribution in [0.3, 0.4) is 0 Å². The second-order valence-corrected chi connectivity index (χ2v) is 4.88. The molecule has 3 nitrogen and oxygen atoms in total. The van der Waals surface area contributed by atoms with E-state index in [2.05, 4.69) is 26.6 Å². The Kier molecular flexibility index (Phi) is 5.08. The summed E-state index contributed by atoms with van der Waals surface area (Å²) in [6.45, 7) is 4.20. The summed E-state index contributed by atoms with van der Waals surface area (Å²) in [5, 5.41) is 5.73. The van der Waals surface area contributed by atoms with Gasteiger partial charge in [-0.3, -0.25) is 4.79 Å². The minimum Gasteiger partial charge on any atom is -0.326 e. The third-order valence-electron chi connectivity index (χ3n) is 2.48. The zero-order valence-electron chi connectivity index (χ0n) is 10.1. The minimum absolute atomic E-state index is 0.0824. The van der Waals surface area contributed by atoms with E-state index in [4.69, 9.17) is 0 Å². The molecule has 0 radical (unpaired) electrons. The smallest absolute Gasteiger partial charge is 0.228 e. The van der Waals surface area contributed by atoms with Gasteiger partial charge in [0.05, 0.1) is 4.47 Å². The number of hydrogen-bond acceptors (Lipinski definition) is 2.